The number of carbonyl (C=O) groups is 2. The van der Waals surface area contributed by atoms with Crippen LogP contribution in [0, 0.1) is 0 Å². The molecule has 0 unspecified atom stereocenters. The zero-order valence-corrected chi connectivity index (χ0v) is 8.77. The maximum atomic E-state index is 12.6. The van der Waals surface area contributed by atoms with Gasteiger partial charge in [-0.05, 0) is 0 Å². The lowest BCUT2D eigenvalue weighted by molar-refractivity contribution is -0.179. The summed E-state index contributed by atoms with van der Waals surface area (Å²) in [6, 6.07) is 0. The third kappa shape index (κ3) is 3.67. The topological polar surface area (TPSA) is 49.4 Å². The Morgan fingerprint density at radius 1 is 1.38 bits per heavy atom. The first kappa shape index (κ1) is 14.7. The lowest BCUT2D eigenvalue weighted by atomic mass is 10.3. The van der Waals surface area contributed by atoms with Crippen LogP contribution in [0.4, 0.5) is 17.6 Å². The van der Waals surface area contributed by atoms with Crippen LogP contribution in [0.3, 0.4) is 0 Å². The van der Waals surface area contributed by atoms with Crippen LogP contribution in [-0.2, 0) is 9.59 Å². The molecule has 0 atom stereocenters. The molecule has 0 heterocycles. The van der Waals surface area contributed by atoms with Crippen molar-refractivity contribution in [3.05, 3.63) is 0 Å². The van der Waals surface area contributed by atoms with E-state index in [2.05, 4.69) is 5.32 Å². The van der Waals surface area contributed by atoms with E-state index in [0.717, 1.165) is 7.05 Å². The van der Waals surface area contributed by atoms with Crippen molar-refractivity contribution >= 4 is 11.8 Å². The molecular weight excluding hydrogens is 232 g/mol. The van der Waals surface area contributed by atoms with E-state index in [-0.39, 0.29) is 13.0 Å². The number of nitrogens with zero attached hydrogens (tertiary/aromatic N) is 1. The number of hydrogen-bond donors (Lipinski definition) is 1. The Morgan fingerprint density at radius 3 is 2.25 bits per heavy atom. The molecule has 8 heteroatoms. The average molecular weight is 244 g/mol. The van der Waals surface area contributed by atoms with E-state index in [4.69, 9.17) is 0 Å². The molecule has 0 aliphatic heterocycles. The number of halogens is 4. The Hall–Kier alpha value is -1.34. The quantitative estimate of drug-likeness (QED) is 0.715. The Labute approximate surface area is 89.6 Å². The van der Waals surface area contributed by atoms with E-state index in [1.54, 1.807) is 0 Å². The van der Waals surface area contributed by atoms with Gasteiger partial charge in [0.15, 0.2) is 0 Å². The van der Waals surface area contributed by atoms with Gasteiger partial charge in [-0.1, -0.05) is 0 Å². The van der Waals surface area contributed by atoms with Crippen molar-refractivity contribution in [2.75, 3.05) is 20.6 Å². The standard InChI is InChI=1S/C8H12F4N2O2/c1-13-5(15)3-4-14(2)7(16)8(11,12)6(9)10/h6H,3-4H2,1-2H3,(H,13,15). The lowest BCUT2D eigenvalue weighted by Gasteiger charge is -2.22. The average Bonchev–Trinajstić information content (AvgIpc) is 2.23. The van der Waals surface area contributed by atoms with E-state index < -0.39 is 24.2 Å². The van der Waals surface area contributed by atoms with Crippen molar-refractivity contribution < 1.29 is 27.2 Å². The van der Waals surface area contributed by atoms with Crippen LogP contribution in [0.5, 0.6) is 0 Å². The van der Waals surface area contributed by atoms with E-state index in [0.29, 0.717) is 4.90 Å². The normalized spacial score (nSPS) is 11.4. The van der Waals surface area contributed by atoms with Crippen LogP contribution in [-0.4, -0.2) is 49.7 Å². The second-order valence-corrected chi connectivity index (χ2v) is 3.07. The highest BCUT2D eigenvalue weighted by Crippen LogP contribution is 2.24. The Morgan fingerprint density at radius 2 is 1.88 bits per heavy atom. The molecule has 0 radical (unpaired) electrons. The molecule has 16 heavy (non-hydrogen) atoms. The van der Waals surface area contributed by atoms with Gasteiger partial charge in [0.2, 0.25) is 5.91 Å². The molecule has 0 aliphatic rings. The maximum Gasteiger partial charge on any atom is 0.383 e. The van der Waals surface area contributed by atoms with Crippen molar-refractivity contribution in [1.82, 2.24) is 10.2 Å². The number of hydrogen-bond acceptors (Lipinski definition) is 2. The minimum Gasteiger partial charge on any atom is -0.359 e. The summed E-state index contributed by atoms with van der Waals surface area (Å²) in [4.78, 5) is 22.0. The first-order valence-electron chi connectivity index (χ1n) is 4.35. The monoisotopic (exact) mass is 244 g/mol. The van der Waals surface area contributed by atoms with Crippen molar-refractivity contribution in [1.29, 1.82) is 0 Å². The van der Waals surface area contributed by atoms with Gasteiger partial charge in [-0.15, -0.1) is 0 Å². The molecule has 94 valence electrons. The van der Waals surface area contributed by atoms with Crippen LogP contribution < -0.4 is 5.32 Å². The van der Waals surface area contributed by atoms with Gasteiger partial charge in [0, 0.05) is 27.1 Å². The zero-order chi connectivity index (χ0) is 12.9. The van der Waals surface area contributed by atoms with Gasteiger partial charge < -0.3 is 10.2 Å². The molecule has 0 aromatic heterocycles. The highest BCUT2D eigenvalue weighted by molar-refractivity contribution is 5.84. The van der Waals surface area contributed by atoms with Crippen molar-refractivity contribution in [3.8, 4) is 0 Å². The summed E-state index contributed by atoms with van der Waals surface area (Å²) in [6.45, 7) is -0.346. The fourth-order valence-corrected chi connectivity index (χ4v) is 0.844. The van der Waals surface area contributed by atoms with E-state index >= 15 is 0 Å². The molecule has 0 spiro atoms. The molecule has 4 nitrogen and oxygen atoms in total. The van der Waals surface area contributed by atoms with Crippen LogP contribution in [0.25, 0.3) is 0 Å². The summed E-state index contributed by atoms with van der Waals surface area (Å²) < 4.78 is 48.7. The van der Waals surface area contributed by atoms with Gasteiger partial charge in [-0.2, -0.15) is 8.78 Å². The predicted molar refractivity (Wildman–Crippen MR) is 47.3 cm³/mol. The molecule has 2 amide bonds. The smallest absolute Gasteiger partial charge is 0.359 e. The minimum absolute atomic E-state index is 0.224. The molecule has 0 rings (SSSR count). The number of rotatable bonds is 5. The van der Waals surface area contributed by atoms with Crippen LogP contribution in [0.2, 0.25) is 0 Å². The third-order valence-electron chi connectivity index (χ3n) is 1.86. The van der Waals surface area contributed by atoms with Crippen LogP contribution in [0.1, 0.15) is 6.42 Å². The van der Waals surface area contributed by atoms with Crippen LogP contribution >= 0.6 is 0 Å². The van der Waals surface area contributed by atoms with Crippen LogP contribution in [0.15, 0.2) is 0 Å². The molecule has 0 aromatic rings. The second kappa shape index (κ2) is 5.66. The van der Waals surface area contributed by atoms with E-state index in [1.165, 1.54) is 7.05 Å². The summed E-state index contributed by atoms with van der Waals surface area (Å²) in [7, 11) is 2.26. The summed E-state index contributed by atoms with van der Waals surface area (Å²) in [6.07, 6.45) is -4.28. The lowest BCUT2D eigenvalue weighted by Crippen LogP contribution is -2.46. The predicted octanol–water partition coefficient (Wildman–Crippen LogP) is 0.481. The largest absolute Gasteiger partial charge is 0.383 e. The number of carbonyl (C=O) groups excluding carboxylic acids is 2. The Bertz CT molecular complexity index is 271. The van der Waals surface area contributed by atoms with Crippen molar-refractivity contribution in [2.24, 2.45) is 0 Å². The highest BCUT2D eigenvalue weighted by atomic mass is 19.3. The van der Waals surface area contributed by atoms with E-state index in [1.807, 2.05) is 0 Å². The van der Waals surface area contributed by atoms with Crippen molar-refractivity contribution in [2.45, 2.75) is 18.8 Å². The van der Waals surface area contributed by atoms with Crippen molar-refractivity contribution in [3.63, 3.8) is 0 Å². The fraction of sp³-hybridized carbons (Fsp3) is 0.750. The molecule has 1 N–H and O–H groups in total. The Kier molecular flexibility index (Phi) is 5.19. The molecule has 0 saturated carbocycles. The van der Waals surface area contributed by atoms with Gasteiger partial charge in [-0.25, -0.2) is 8.78 Å². The second-order valence-electron chi connectivity index (χ2n) is 3.07. The van der Waals surface area contributed by atoms with Gasteiger partial charge >= 0.3 is 12.3 Å². The summed E-state index contributed by atoms with van der Waals surface area (Å²) in [5, 5.41) is 2.21. The Balaban J connectivity index is 4.34. The molecule has 0 saturated heterocycles. The summed E-state index contributed by atoms with van der Waals surface area (Å²) in [5.74, 6) is -7.18. The molecule has 0 fully saturated rings. The van der Waals surface area contributed by atoms with Gasteiger partial charge in [-0.3, -0.25) is 9.59 Å². The molecule has 0 bridgehead atoms. The zero-order valence-electron chi connectivity index (χ0n) is 8.77. The molecule has 0 aromatic carbocycles. The number of alkyl halides is 4. The molecular formula is C8H12F4N2O2. The first-order valence-corrected chi connectivity index (χ1v) is 4.35. The maximum absolute atomic E-state index is 12.6. The third-order valence-corrected chi connectivity index (χ3v) is 1.86. The molecule has 0 aliphatic carbocycles. The highest BCUT2D eigenvalue weighted by Gasteiger charge is 2.50. The van der Waals surface area contributed by atoms with Gasteiger partial charge in [0.1, 0.15) is 0 Å². The minimum atomic E-state index is -4.71. The van der Waals surface area contributed by atoms with Gasteiger partial charge in [0.25, 0.3) is 5.91 Å². The summed E-state index contributed by atoms with van der Waals surface area (Å²) >= 11 is 0. The summed E-state index contributed by atoms with van der Waals surface area (Å²) in [5.41, 5.74) is 0. The first-order chi connectivity index (χ1) is 7.23. The number of amides is 2. The van der Waals surface area contributed by atoms with Gasteiger partial charge in [0.05, 0.1) is 0 Å². The number of nitrogens with one attached hydrogen (secondary N) is 1. The van der Waals surface area contributed by atoms with E-state index in [9.17, 15) is 27.2 Å². The SMILES string of the molecule is CNC(=O)CCN(C)C(=O)C(F)(F)C(F)F. The fourth-order valence-electron chi connectivity index (χ4n) is 0.844.